The monoisotopic (exact) mass is 356 g/mol. The van der Waals surface area contributed by atoms with Crippen LogP contribution >= 0.6 is 0 Å². The summed E-state index contributed by atoms with van der Waals surface area (Å²) in [4.78, 5) is 26.3. The number of aromatic nitrogens is 4. The first-order valence-corrected chi connectivity index (χ1v) is 7.52. The molecular formula is C14H15F3N6O2. The zero-order valence-electron chi connectivity index (χ0n) is 12.9. The van der Waals surface area contributed by atoms with Crippen LogP contribution in [0.15, 0.2) is 18.7 Å². The Morgan fingerprint density at radius 2 is 2.04 bits per heavy atom. The maximum Gasteiger partial charge on any atom is 0.420 e. The maximum absolute atomic E-state index is 13.2. The number of hydrogen-bond acceptors (Lipinski definition) is 5. The number of amides is 1. The number of rotatable bonds is 3. The van der Waals surface area contributed by atoms with Crippen molar-refractivity contribution in [2.24, 2.45) is 0 Å². The first-order chi connectivity index (χ1) is 11.8. The van der Waals surface area contributed by atoms with Crippen molar-refractivity contribution in [2.45, 2.75) is 25.1 Å². The summed E-state index contributed by atoms with van der Waals surface area (Å²) in [5, 5.41) is 11.9. The van der Waals surface area contributed by atoms with Crippen LogP contribution in [0.2, 0.25) is 0 Å². The molecule has 1 aliphatic heterocycles. The minimum Gasteiger partial charge on any atom is -0.465 e. The number of hydrogen-bond donors (Lipinski definition) is 3. The summed E-state index contributed by atoms with van der Waals surface area (Å²) in [6.45, 7) is 0.697. The number of piperidine rings is 1. The second-order valence-corrected chi connectivity index (χ2v) is 5.61. The van der Waals surface area contributed by atoms with Crippen molar-refractivity contribution in [1.29, 1.82) is 0 Å². The molecule has 0 unspecified atom stereocenters. The van der Waals surface area contributed by atoms with E-state index in [0.717, 1.165) is 6.20 Å². The number of nitrogens with zero attached hydrogens (tertiary/aromatic N) is 4. The maximum atomic E-state index is 13.2. The third-order valence-corrected chi connectivity index (χ3v) is 3.95. The van der Waals surface area contributed by atoms with Crippen LogP contribution in [-0.2, 0) is 6.18 Å². The van der Waals surface area contributed by atoms with Crippen LogP contribution in [-0.4, -0.2) is 55.2 Å². The molecule has 2 aromatic rings. The molecule has 3 N–H and O–H groups in total. The molecule has 1 fully saturated rings. The Labute approximate surface area is 140 Å². The number of aromatic amines is 1. The second kappa shape index (κ2) is 6.57. The van der Waals surface area contributed by atoms with Gasteiger partial charge in [-0.3, -0.25) is 0 Å². The molecule has 3 heterocycles. The minimum atomic E-state index is -4.59. The van der Waals surface area contributed by atoms with E-state index in [-0.39, 0.29) is 23.4 Å². The topological polar surface area (TPSA) is 107 Å². The van der Waals surface area contributed by atoms with Crippen molar-refractivity contribution in [2.75, 3.05) is 18.4 Å². The van der Waals surface area contributed by atoms with Gasteiger partial charge in [-0.15, -0.1) is 0 Å². The molecule has 0 bridgehead atoms. The number of alkyl halides is 3. The Balaban J connectivity index is 1.79. The lowest BCUT2D eigenvalue weighted by Crippen LogP contribution is -2.41. The predicted molar refractivity (Wildman–Crippen MR) is 80.9 cm³/mol. The molecule has 0 atom stereocenters. The molecule has 25 heavy (non-hydrogen) atoms. The van der Waals surface area contributed by atoms with E-state index in [4.69, 9.17) is 5.11 Å². The molecule has 1 saturated heterocycles. The number of anilines is 1. The fourth-order valence-corrected chi connectivity index (χ4v) is 2.65. The highest BCUT2D eigenvalue weighted by molar-refractivity contribution is 5.65. The highest BCUT2D eigenvalue weighted by Gasteiger charge is 2.36. The van der Waals surface area contributed by atoms with Gasteiger partial charge in [-0.1, -0.05) is 0 Å². The van der Waals surface area contributed by atoms with Gasteiger partial charge in [-0.25, -0.2) is 19.7 Å². The number of likely N-dealkylation sites (tertiary alicyclic amines) is 1. The Hall–Kier alpha value is -2.85. The van der Waals surface area contributed by atoms with Crippen molar-refractivity contribution in [3.05, 3.63) is 24.3 Å². The third kappa shape index (κ3) is 3.80. The van der Waals surface area contributed by atoms with Gasteiger partial charge in [0.2, 0.25) is 5.95 Å². The van der Waals surface area contributed by atoms with Crippen LogP contribution < -0.4 is 5.32 Å². The lowest BCUT2D eigenvalue weighted by Gasteiger charge is -2.30. The fourth-order valence-electron chi connectivity index (χ4n) is 2.65. The number of H-pyrrole nitrogens is 1. The van der Waals surface area contributed by atoms with Gasteiger partial charge in [0.15, 0.2) is 0 Å². The molecule has 2 aromatic heterocycles. The van der Waals surface area contributed by atoms with Crippen LogP contribution in [0.5, 0.6) is 0 Å². The summed E-state index contributed by atoms with van der Waals surface area (Å²) in [5.41, 5.74) is -1.10. The summed E-state index contributed by atoms with van der Waals surface area (Å²) >= 11 is 0. The molecule has 0 spiro atoms. The molecule has 8 nitrogen and oxygen atoms in total. The molecule has 0 aromatic carbocycles. The molecule has 0 saturated carbocycles. The lowest BCUT2D eigenvalue weighted by atomic mass is 10.1. The summed E-state index contributed by atoms with van der Waals surface area (Å²) in [5.74, 6) is 0.0615. The normalized spacial score (nSPS) is 16.0. The van der Waals surface area contributed by atoms with E-state index in [0.29, 0.717) is 25.9 Å². The highest BCUT2D eigenvalue weighted by atomic mass is 19.4. The van der Waals surface area contributed by atoms with Crippen LogP contribution in [0.1, 0.15) is 18.4 Å². The van der Waals surface area contributed by atoms with Gasteiger partial charge < -0.3 is 20.3 Å². The van der Waals surface area contributed by atoms with E-state index < -0.39 is 17.8 Å². The van der Waals surface area contributed by atoms with Crippen molar-refractivity contribution < 1.29 is 23.1 Å². The molecule has 0 radical (unpaired) electrons. The Bertz CT molecular complexity index is 742. The number of nitrogens with one attached hydrogen (secondary N) is 2. The Kier molecular flexibility index (Phi) is 4.47. The molecule has 0 aliphatic carbocycles. The molecule has 1 aliphatic rings. The van der Waals surface area contributed by atoms with Crippen molar-refractivity contribution in [3.63, 3.8) is 0 Å². The first kappa shape index (κ1) is 17.0. The van der Waals surface area contributed by atoms with Gasteiger partial charge >= 0.3 is 12.3 Å². The van der Waals surface area contributed by atoms with E-state index in [9.17, 15) is 18.0 Å². The molecule has 134 valence electrons. The standard InChI is InChI=1S/C14H15F3N6O2/c15-14(16,17)9-5-19-12(22-11(9)10-6-18-7-20-10)21-8-1-3-23(4-2-8)13(24)25/h5-8H,1-4H2,(H,18,20)(H,24,25)(H,19,21,22). The third-order valence-electron chi connectivity index (χ3n) is 3.95. The number of carbonyl (C=O) groups is 1. The first-order valence-electron chi connectivity index (χ1n) is 7.52. The summed E-state index contributed by atoms with van der Waals surface area (Å²) in [6, 6.07) is -0.109. The van der Waals surface area contributed by atoms with E-state index in [1.54, 1.807) is 0 Å². The van der Waals surface area contributed by atoms with Gasteiger partial charge in [0.25, 0.3) is 0 Å². The minimum absolute atomic E-state index is 0.0615. The van der Waals surface area contributed by atoms with Gasteiger partial charge in [0.05, 0.1) is 18.2 Å². The second-order valence-electron chi connectivity index (χ2n) is 5.61. The van der Waals surface area contributed by atoms with Crippen LogP contribution in [0.4, 0.5) is 23.9 Å². The zero-order chi connectivity index (χ0) is 18.0. The Morgan fingerprint density at radius 1 is 1.32 bits per heavy atom. The molecule has 3 rings (SSSR count). The molecule has 11 heteroatoms. The number of halogens is 3. The zero-order valence-corrected chi connectivity index (χ0v) is 12.9. The summed E-state index contributed by atoms with van der Waals surface area (Å²) in [7, 11) is 0. The number of carboxylic acid groups (broad SMARTS) is 1. The van der Waals surface area contributed by atoms with Crippen molar-refractivity contribution in [3.8, 4) is 11.4 Å². The average Bonchev–Trinajstić information content (AvgIpc) is 3.08. The number of imidazole rings is 1. The smallest absolute Gasteiger partial charge is 0.420 e. The summed E-state index contributed by atoms with van der Waals surface area (Å²) in [6.07, 6.45) is -1.26. The fraction of sp³-hybridized carbons (Fsp3) is 0.429. The molecule has 1 amide bonds. The van der Waals surface area contributed by atoms with E-state index in [1.807, 2.05) is 0 Å². The van der Waals surface area contributed by atoms with Crippen LogP contribution in [0.25, 0.3) is 11.4 Å². The van der Waals surface area contributed by atoms with Gasteiger partial charge in [0, 0.05) is 25.3 Å². The van der Waals surface area contributed by atoms with Gasteiger partial charge in [-0.2, -0.15) is 13.2 Å². The van der Waals surface area contributed by atoms with E-state index in [2.05, 4.69) is 25.3 Å². The van der Waals surface area contributed by atoms with Crippen molar-refractivity contribution >= 4 is 12.0 Å². The van der Waals surface area contributed by atoms with Crippen LogP contribution in [0.3, 0.4) is 0 Å². The van der Waals surface area contributed by atoms with E-state index >= 15 is 0 Å². The van der Waals surface area contributed by atoms with Crippen LogP contribution in [0, 0.1) is 0 Å². The lowest BCUT2D eigenvalue weighted by molar-refractivity contribution is -0.137. The predicted octanol–water partition coefficient (Wildman–Crippen LogP) is 2.44. The quantitative estimate of drug-likeness (QED) is 0.780. The van der Waals surface area contributed by atoms with Gasteiger partial charge in [0.1, 0.15) is 11.3 Å². The van der Waals surface area contributed by atoms with Gasteiger partial charge in [-0.05, 0) is 12.8 Å². The van der Waals surface area contributed by atoms with E-state index in [1.165, 1.54) is 17.4 Å². The summed E-state index contributed by atoms with van der Waals surface area (Å²) < 4.78 is 39.5. The average molecular weight is 356 g/mol. The Morgan fingerprint density at radius 3 is 2.60 bits per heavy atom. The molecular weight excluding hydrogens is 341 g/mol. The highest BCUT2D eigenvalue weighted by Crippen LogP contribution is 2.35. The SMILES string of the molecule is O=C(O)N1CCC(Nc2ncc(C(F)(F)F)c(-c3cnc[nH]3)n2)CC1. The largest absolute Gasteiger partial charge is 0.465 e. The van der Waals surface area contributed by atoms with Crippen molar-refractivity contribution in [1.82, 2.24) is 24.8 Å².